The van der Waals surface area contributed by atoms with Crippen LogP contribution >= 0.6 is 0 Å². The molecular weight excluding hydrogens is 386 g/mol. The summed E-state index contributed by atoms with van der Waals surface area (Å²) in [6, 6.07) is 1.70. The Hall–Kier alpha value is -2.51. The zero-order valence-electron chi connectivity index (χ0n) is 19.2. The third-order valence-electron chi connectivity index (χ3n) is 4.62. The van der Waals surface area contributed by atoms with Gasteiger partial charge in [-0.2, -0.15) is 0 Å². The zero-order chi connectivity index (χ0) is 22.7. The van der Waals surface area contributed by atoms with Crippen LogP contribution in [0.25, 0.3) is 0 Å². The van der Waals surface area contributed by atoms with Crippen LogP contribution in [0.3, 0.4) is 0 Å². The Labute approximate surface area is 179 Å². The Morgan fingerprint density at radius 1 is 1.13 bits per heavy atom. The fourth-order valence-electron chi connectivity index (χ4n) is 3.26. The Bertz CT molecular complexity index is 772. The number of likely N-dealkylation sites (tertiary alicyclic amines) is 1. The molecule has 0 unspecified atom stereocenters. The highest BCUT2D eigenvalue weighted by molar-refractivity contribution is 5.87. The topological polar surface area (TPSA) is 101 Å². The summed E-state index contributed by atoms with van der Waals surface area (Å²) < 4.78 is 10.7. The van der Waals surface area contributed by atoms with E-state index in [1.807, 2.05) is 27.7 Å². The molecule has 0 atom stereocenters. The number of hydrogen-bond donors (Lipinski definition) is 2. The molecule has 168 valence electrons. The predicted molar refractivity (Wildman–Crippen MR) is 115 cm³/mol. The number of carbonyl (C=O) groups is 2. The van der Waals surface area contributed by atoms with Gasteiger partial charge in [0.25, 0.3) is 0 Å². The summed E-state index contributed by atoms with van der Waals surface area (Å²) in [5, 5.41) is 13.1. The maximum atomic E-state index is 12.3. The summed E-state index contributed by atoms with van der Waals surface area (Å²) >= 11 is 0. The van der Waals surface area contributed by atoms with Crippen molar-refractivity contribution in [3.63, 3.8) is 0 Å². The molecular formula is C22H35N3O5. The van der Waals surface area contributed by atoms with Crippen LogP contribution in [0.4, 0.5) is 15.3 Å². The number of pyridine rings is 1. The first-order chi connectivity index (χ1) is 13.8. The summed E-state index contributed by atoms with van der Waals surface area (Å²) in [5.74, 6) is 0.0760. The molecule has 1 aliphatic heterocycles. The lowest BCUT2D eigenvalue weighted by atomic mass is 9.92. The van der Waals surface area contributed by atoms with Gasteiger partial charge in [0.15, 0.2) is 5.75 Å². The van der Waals surface area contributed by atoms with Crippen LogP contribution in [0.1, 0.15) is 78.6 Å². The fourth-order valence-corrected chi connectivity index (χ4v) is 3.26. The van der Waals surface area contributed by atoms with E-state index in [0.717, 1.165) is 18.5 Å². The second-order valence-corrected chi connectivity index (χ2v) is 9.61. The van der Waals surface area contributed by atoms with Gasteiger partial charge in [0.05, 0.1) is 11.4 Å². The van der Waals surface area contributed by atoms with Crippen LogP contribution in [-0.4, -0.2) is 51.5 Å². The standard InChI is InChI=1S/C22H35N3O5/c1-8-15-18(26)17(24-19(27)29-21(2,3)4)13-16(23-15)14-9-11-25(12-10-14)20(28)30-22(5,6)7/h13-14,26H,8-12H2,1-7H3,(H,23,24,27). The van der Waals surface area contributed by atoms with Gasteiger partial charge in [-0.25, -0.2) is 9.59 Å². The third kappa shape index (κ3) is 6.78. The molecule has 0 aliphatic carbocycles. The highest BCUT2D eigenvalue weighted by atomic mass is 16.6. The van der Waals surface area contributed by atoms with Crippen LogP contribution in [0.15, 0.2) is 6.07 Å². The number of hydrogen-bond acceptors (Lipinski definition) is 6. The summed E-state index contributed by atoms with van der Waals surface area (Å²) in [5.41, 5.74) is 0.441. The van der Waals surface area contributed by atoms with E-state index >= 15 is 0 Å². The van der Waals surface area contributed by atoms with Crippen molar-refractivity contribution in [3.8, 4) is 5.75 Å². The van der Waals surface area contributed by atoms with Gasteiger partial charge in [-0.3, -0.25) is 10.3 Å². The Balaban J connectivity index is 2.13. The van der Waals surface area contributed by atoms with E-state index < -0.39 is 17.3 Å². The first kappa shape index (κ1) is 23.8. The quantitative estimate of drug-likeness (QED) is 0.726. The van der Waals surface area contributed by atoms with Gasteiger partial charge in [0.2, 0.25) is 0 Å². The Kier molecular flexibility index (Phi) is 7.21. The van der Waals surface area contributed by atoms with E-state index in [2.05, 4.69) is 10.3 Å². The maximum absolute atomic E-state index is 12.3. The number of piperidine rings is 1. The molecule has 0 saturated carbocycles. The minimum absolute atomic E-state index is 0.0432. The number of aromatic hydroxyl groups is 1. The van der Waals surface area contributed by atoms with Crippen molar-refractivity contribution in [1.82, 2.24) is 9.88 Å². The summed E-state index contributed by atoms with van der Waals surface area (Å²) in [4.78, 5) is 30.8. The van der Waals surface area contributed by atoms with Crippen LogP contribution in [0.2, 0.25) is 0 Å². The van der Waals surface area contributed by atoms with Crippen molar-refractivity contribution in [2.24, 2.45) is 0 Å². The molecule has 8 heteroatoms. The highest BCUT2D eigenvalue weighted by Gasteiger charge is 2.29. The average Bonchev–Trinajstić information content (AvgIpc) is 2.60. The summed E-state index contributed by atoms with van der Waals surface area (Å²) in [6.07, 6.45) is 1.05. The Morgan fingerprint density at radius 3 is 2.20 bits per heavy atom. The number of ether oxygens (including phenoxy) is 2. The normalized spacial score (nSPS) is 15.6. The van der Waals surface area contributed by atoms with Crippen LogP contribution in [0.5, 0.6) is 5.75 Å². The number of aryl methyl sites for hydroxylation is 1. The zero-order valence-corrected chi connectivity index (χ0v) is 19.2. The number of rotatable bonds is 3. The van der Waals surface area contributed by atoms with E-state index in [-0.39, 0.29) is 17.8 Å². The number of aromatic nitrogens is 1. The lowest BCUT2D eigenvalue weighted by molar-refractivity contribution is 0.0203. The molecule has 2 N–H and O–H groups in total. The second kappa shape index (κ2) is 9.10. The molecule has 0 spiro atoms. The van der Waals surface area contributed by atoms with Gasteiger partial charge in [-0.05, 0) is 66.9 Å². The molecule has 1 aliphatic rings. The van der Waals surface area contributed by atoms with Crippen molar-refractivity contribution in [2.45, 2.75) is 84.8 Å². The highest BCUT2D eigenvalue weighted by Crippen LogP contribution is 2.34. The van der Waals surface area contributed by atoms with E-state index in [1.54, 1.807) is 31.7 Å². The minimum atomic E-state index is -0.641. The van der Waals surface area contributed by atoms with Crippen molar-refractivity contribution < 1.29 is 24.2 Å². The number of nitrogens with one attached hydrogen (secondary N) is 1. The second-order valence-electron chi connectivity index (χ2n) is 9.61. The van der Waals surface area contributed by atoms with Crippen molar-refractivity contribution in [2.75, 3.05) is 18.4 Å². The van der Waals surface area contributed by atoms with Gasteiger partial charge in [0.1, 0.15) is 11.2 Å². The molecule has 1 fully saturated rings. The van der Waals surface area contributed by atoms with Crippen molar-refractivity contribution in [1.29, 1.82) is 0 Å². The van der Waals surface area contributed by atoms with Gasteiger partial charge < -0.3 is 19.5 Å². The molecule has 1 saturated heterocycles. The van der Waals surface area contributed by atoms with Gasteiger partial charge in [-0.15, -0.1) is 0 Å². The fraction of sp³-hybridized carbons (Fsp3) is 0.682. The van der Waals surface area contributed by atoms with E-state index in [0.29, 0.717) is 30.9 Å². The molecule has 2 rings (SSSR count). The van der Waals surface area contributed by atoms with E-state index in [9.17, 15) is 14.7 Å². The predicted octanol–water partition coefficient (Wildman–Crippen LogP) is 4.81. The van der Waals surface area contributed by atoms with Crippen molar-refractivity contribution >= 4 is 17.9 Å². The van der Waals surface area contributed by atoms with E-state index in [1.165, 1.54) is 0 Å². The van der Waals surface area contributed by atoms with E-state index in [4.69, 9.17) is 9.47 Å². The molecule has 30 heavy (non-hydrogen) atoms. The van der Waals surface area contributed by atoms with Crippen molar-refractivity contribution in [3.05, 3.63) is 17.5 Å². The molecule has 8 nitrogen and oxygen atoms in total. The minimum Gasteiger partial charge on any atom is -0.504 e. The summed E-state index contributed by atoms with van der Waals surface area (Å²) in [7, 11) is 0. The number of amides is 2. The average molecular weight is 422 g/mol. The molecule has 0 bridgehead atoms. The maximum Gasteiger partial charge on any atom is 0.412 e. The molecule has 1 aromatic heterocycles. The van der Waals surface area contributed by atoms with Gasteiger partial charge in [0, 0.05) is 24.7 Å². The smallest absolute Gasteiger partial charge is 0.412 e. The third-order valence-corrected chi connectivity index (χ3v) is 4.62. The number of anilines is 1. The first-order valence-electron chi connectivity index (χ1n) is 10.5. The Morgan fingerprint density at radius 2 is 1.70 bits per heavy atom. The van der Waals surface area contributed by atoms with Crippen LogP contribution < -0.4 is 5.32 Å². The first-order valence-corrected chi connectivity index (χ1v) is 10.5. The lowest BCUT2D eigenvalue weighted by Crippen LogP contribution is -2.41. The lowest BCUT2D eigenvalue weighted by Gasteiger charge is -2.33. The monoisotopic (exact) mass is 421 g/mol. The molecule has 2 amide bonds. The van der Waals surface area contributed by atoms with Crippen LogP contribution in [-0.2, 0) is 15.9 Å². The van der Waals surface area contributed by atoms with Gasteiger partial charge >= 0.3 is 12.2 Å². The molecule has 1 aromatic rings. The molecule has 0 aromatic carbocycles. The van der Waals surface area contributed by atoms with Gasteiger partial charge in [-0.1, -0.05) is 6.92 Å². The van der Waals surface area contributed by atoms with Crippen LogP contribution in [0, 0.1) is 0 Å². The molecule has 0 radical (unpaired) electrons. The SMILES string of the molecule is CCc1nc(C2CCN(C(=O)OC(C)(C)C)CC2)cc(NC(=O)OC(C)(C)C)c1O. The number of nitrogens with zero attached hydrogens (tertiary/aromatic N) is 2. The molecule has 2 heterocycles. The number of carbonyl (C=O) groups excluding carboxylic acids is 2. The largest absolute Gasteiger partial charge is 0.504 e. The summed E-state index contributed by atoms with van der Waals surface area (Å²) in [6.45, 7) is 13.9.